The maximum absolute atomic E-state index is 12.5. The number of fused-ring (bicyclic) bond motifs is 1. The van der Waals surface area contributed by atoms with E-state index in [9.17, 15) is 14.7 Å². The Balaban J connectivity index is 0.00000182. The summed E-state index contributed by atoms with van der Waals surface area (Å²) in [7, 11) is 0. The number of carbonyl (C=O) groups excluding carboxylic acids is 1. The average molecular weight is 363 g/mol. The predicted molar refractivity (Wildman–Crippen MR) is 94.3 cm³/mol. The Morgan fingerprint density at radius 2 is 2.12 bits per heavy atom. The first-order chi connectivity index (χ1) is 11.6. The Hall–Kier alpha value is -2.38. The molecular weight excluding hydrogens is 344 g/mol. The summed E-state index contributed by atoms with van der Waals surface area (Å²) >= 11 is 0. The first kappa shape index (κ1) is 17.4. The first-order valence-corrected chi connectivity index (χ1v) is 8.03. The SMILES string of the molecule is Cl.O=C(O)c1ccccc1C1CC(=O)N(c2cnn3c2CNCC3)C1. The fourth-order valence-electron chi connectivity index (χ4n) is 3.59. The minimum atomic E-state index is -0.955. The van der Waals surface area contributed by atoms with Crippen LogP contribution in [0.1, 0.15) is 34.0 Å². The highest BCUT2D eigenvalue weighted by atomic mass is 35.5. The fourth-order valence-corrected chi connectivity index (χ4v) is 3.59. The van der Waals surface area contributed by atoms with E-state index in [0.717, 1.165) is 30.0 Å². The van der Waals surface area contributed by atoms with Gasteiger partial charge in [-0.2, -0.15) is 5.10 Å². The van der Waals surface area contributed by atoms with Crippen molar-refractivity contribution in [3.63, 3.8) is 0 Å². The molecule has 25 heavy (non-hydrogen) atoms. The number of nitrogens with zero attached hydrogens (tertiary/aromatic N) is 3. The van der Waals surface area contributed by atoms with Crippen LogP contribution in [0.3, 0.4) is 0 Å². The lowest BCUT2D eigenvalue weighted by Gasteiger charge is -2.21. The van der Waals surface area contributed by atoms with Crippen LogP contribution in [0.4, 0.5) is 5.69 Å². The Bertz CT molecular complexity index is 820. The number of halogens is 1. The van der Waals surface area contributed by atoms with Crippen LogP contribution in [0.5, 0.6) is 0 Å². The van der Waals surface area contributed by atoms with E-state index in [2.05, 4.69) is 10.4 Å². The maximum atomic E-state index is 12.5. The second kappa shape index (κ2) is 6.85. The van der Waals surface area contributed by atoms with Gasteiger partial charge in [-0.25, -0.2) is 4.79 Å². The van der Waals surface area contributed by atoms with Gasteiger partial charge in [0.15, 0.2) is 0 Å². The average Bonchev–Trinajstić information content (AvgIpc) is 3.18. The highest BCUT2D eigenvalue weighted by molar-refractivity contribution is 5.98. The van der Waals surface area contributed by atoms with Gasteiger partial charge < -0.3 is 15.3 Å². The number of aromatic nitrogens is 2. The van der Waals surface area contributed by atoms with E-state index >= 15 is 0 Å². The molecule has 0 bridgehead atoms. The van der Waals surface area contributed by atoms with Crippen molar-refractivity contribution in [1.29, 1.82) is 0 Å². The maximum Gasteiger partial charge on any atom is 0.335 e. The number of nitrogens with one attached hydrogen (secondary N) is 1. The number of anilines is 1. The standard InChI is InChI=1S/C17H18N4O3.ClH/c22-16-7-11(12-3-1-2-4-13(12)17(23)24)10-20(16)14-9-19-21-6-5-18-8-15(14)21;/h1-4,9,11,18H,5-8,10H2,(H,23,24);1H. The Morgan fingerprint density at radius 3 is 2.92 bits per heavy atom. The Morgan fingerprint density at radius 1 is 1.32 bits per heavy atom. The molecule has 4 rings (SSSR count). The summed E-state index contributed by atoms with van der Waals surface area (Å²) in [6, 6.07) is 6.93. The van der Waals surface area contributed by atoms with Crippen LogP contribution in [0.15, 0.2) is 30.5 Å². The molecule has 1 saturated heterocycles. The van der Waals surface area contributed by atoms with Gasteiger partial charge in [-0.05, 0) is 11.6 Å². The summed E-state index contributed by atoms with van der Waals surface area (Å²) in [5, 5.41) is 17.0. The molecule has 1 atom stereocenters. The molecule has 2 N–H and O–H groups in total. The van der Waals surface area contributed by atoms with E-state index in [1.807, 2.05) is 10.7 Å². The zero-order valence-corrected chi connectivity index (χ0v) is 14.3. The van der Waals surface area contributed by atoms with Gasteiger partial charge in [0.2, 0.25) is 5.91 Å². The van der Waals surface area contributed by atoms with E-state index in [1.165, 1.54) is 0 Å². The summed E-state index contributed by atoms with van der Waals surface area (Å²) in [5.74, 6) is -1.05. The van der Waals surface area contributed by atoms with Crippen molar-refractivity contribution in [2.75, 3.05) is 18.0 Å². The van der Waals surface area contributed by atoms with Crippen molar-refractivity contribution in [2.24, 2.45) is 0 Å². The molecule has 0 radical (unpaired) electrons. The normalized spacial score (nSPS) is 19.4. The first-order valence-electron chi connectivity index (χ1n) is 8.03. The zero-order chi connectivity index (χ0) is 16.7. The lowest BCUT2D eigenvalue weighted by Crippen LogP contribution is -2.31. The number of carboxylic acids is 1. The molecule has 1 aromatic heterocycles. The molecule has 8 heteroatoms. The van der Waals surface area contributed by atoms with Crippen LogP contribution in [0, 0.1) is 0 Å². The van der Waals surface area contributed by atoms with Crippen LogP contribution in [-0.4, -0.2) is 39.9 Å². The summed E-state index contributed by atoms with van der Waals surface area (Å²) < 4.78 is 1.93. The van der Waals surface area contributed by atoms with E-state index in [4.69, 9.17) is 0 Å². The van der Waals surface area contributed by atoms with Gasteiger partial charge in [0.05, 0.1) is 29.7 Å². The summed E-state index contributed by atoms with van der Waals surface area (Å²) in [4.78, 5) is 25.7. The fraction of sp³-hybridized carbons (Fsp3) is 0.353. The molecule has 2 aromatic rings. The molecule has 0 saturated carbocycles. The summed E-state index contributed by atoms with van der Waals surface area (Å²) in [5.41, 5.74) is 2.85. The number of amides is 1. The van der Waals surface area contributed by atoms with Gasteiger partial charge in [0.1, 0.15) is 0 Å². The minimum absolute atomic E-state index is 0. The van der Waals surface area contributed by atoms with Crippen LogP contribution in [-0.2, 0) is 17.9 Å². The van der Waals surface area contributed by atoms with E-state index < -0.39 is 5.97 Å². The van der Waals surface area contributed by atoms with Crippen LogP contribution >= 0.6 is 12.4 Å². The molecule has 7 nitrogen and oxygen atoms in total. The molecular formula is C17H19ClN4O3. The van der Waals surface area contributed by atoms with Crippen molar-refractivity contribution in [3.8, 4) is 0 Å². The number of hydrogen-bond acceptors (Lipinski definition) is 4. The van der Waals surface area contributed by atoms with Crippen molar-refractivity contribution in [2.45, 2.75) is 25.4 Å². The minimum Gasteiger partial charge on any atom is -0.478 e. The molecule has 2 aliphatic heterocycles. The monoisotopic (exact) mass is 362 g/mol. The van der Waals surface area contributed by atoms with Crippen LogP contribution in [0.25, 0.3) is 0 Å². The Labute approximate surface area is 151 Å². The number of aromatic carboxylic acids is 1. The molecule has 1 unspecified atom stereocenters. The molecule has 1 fully saturated rings. The largest absolute Gasteiger partial charge is 0.478 e. The highest BCUT2D eigenvalue weighted by Gasteiger charge is 2.35. The van der Waals surface area contributed by atoms with E-state index in [-0.39, 0.29) is 29.8 Å². The topological polar surface area (TPSA) is 87.5 Å². The smallest absolute Gasteiger partial charge is 0.335 e. The molecule has 1 aromatic carbocycles. The van der Waals surface area contributed by atoms with Crippen molar-refractivity contribution < 1.29 is 14.7 Å². The molecule has 2 aliphatic rings. The third kappa shape index (κ3) is 3.01. The second-order valence-corrected chi connectivity index (χ2v) is 6.17. The number of carbonyl (C=O) groups is 2. The lowest BCUT2D eigenvalue weighted by molar-refractivity contribution is -0.117. The quantitative estimate of drug-likeness (QED) is 0.866. The second-order valence-electron chi connectivity index (χ2n) is 6.17. The number of carboxylic acid groups (broad SMARTS) is 1. The molecule has 0 aliphatic carbocycles. The van der Waals surface area contributed by atoms with E-state index in [1.54, 1.807) is 29.3 Å². The van der Waals surface area contributed by atoms with Gasteiger partial charge in [-0.15, -0.1) is 12.4 Å². The van der Waals surface area contributed by atoms with Crippen LogP contribution in [0.2, 0.25) is 0 Å². The summed E-state index contributed by atoms with van der Waals surface area (Å²) in [6.07, 6.45) is 2.06. The third-order valence-electron chi connectivity index (χ3n) is 4.77. The summed E-state index contributed by atoms with van der Waals surface area (Å²) in [6.45, 7) is 2.84. The van der Waals surface area contributed by atoms with Gasteiger partial charge >= 0.3 is 5.97 Å². The molecule has 0 spiro atoms. The molecule has 132 valence electrons. The van der Waals surface area contributed by atoms with E-state index in [0.29, 0.717) is 19.5 Å². The Kier molecular flexibility index (Phi) is 4.78. The molecule has 3 heterocycles. The highest BCUT2D eigenvalue weighted by Crippen LogP contribution is 2.35. The lowest BCUT2D eigenvalue weighted by atomic mass is 9.93. The van der Waals surface area contributed by atoms with Gasteiger partial charge in [-0.3, -0.25) is 9.48 Å². The molecule has 1 amide bonds. The number of hydrogen-bond donors (Lipinski definition) is 2. The van der Waals surface area contributed by atoms with Crippen molar-refractivity contribution in [1.82, 2.24) is 15.1 Å². The van der Waals surface area contributed by atoms with Gasteiger partial charge in [-0.1, -0.05) is 18.2 Å². The predicted octanol–water partition coefficient (Wildman–Crippen LogP) is 1.63. The van der Waals surface area contributed by atoms with Crippen LogP contribution < -0.4 is 10.2 Å². The van der Waals surface area contributed by atoms with Crippen molar-refractivity contribution >= 4 is 30.0 Å². The van der Waals surface area contributed by atoms with Gasteiger partial charge in [0, 0.05) is 32.0 Å². The number of benzene rings is 1. The van der Waals surface area contributed by atoms with Gasteiger partial charge in [0.25, 0.3) is 0 Å². The van der Waals surface area contributed by atoms with Crippen molar-refractivity contribution in [3.05, 3.63) is 47.3 Å². The zero-order valence-electron chi connectivity index (χ0n) is 13.5. The third-order valence-corrected chi connectivity index (χ3v) is 4.77. The number of rotatable bonds is 3.